The standard InChI is InChI=1S/C27H47N2O6P/c1-3-4-5-6-7-8-9-10-11-12-13-14-15-16-17-22-27(35-36(30,31)32-2)33-25-26(34-27,20-18-23-28)21-19-24-29/h10-11H,3-9,12-22,25H2,1-2H3,(H,30,31). The van der Waals surface area contributed by atoms with E-state index in [0.717, 1.165) is 39.2 Å². The third kappa shape index (κ3) is 13.9. The van der Waals surface area contributed by atoms with E-state index in [1.807, 2.05) is 0 Å². The molecule has 1 aliphatic rings. The van der Waals surface area contributed by atoms with Gasteiger partial charge in [-0.15, -0.1) is 0 Å². The van der Waals surface area contributed by atoms with Crippen LogP contribution in [0.1, 0.15) is 122 Å². The van der Waals surface area contributed by atoms with Crippen LogP contribution in [0.25, 0.3) is 0 Å². The molecule has 1 rings (SSSR count). The number of hydrogen-bond donors (Lipinski definition) is 1. The summed E-state index contributed by atoms with van der Waals surface area (Å²) >= 11 is 0. The summed E-state index contributed by atoms with van der Waals surface area (Å²) in [5, 5.41) is 18.0. The second-order valence-electron chi connectivity index (χ2n) is 9.65. The second kappa shape index (κ2) is 18.9. The maximum Gasteiger partial charge on any atom is 0.476 e. The number of nitriles is 2. The number of ether oxygens (including phenoxy) is 2. The van der Waals surface area contributed by atoms with Crippen molar-refractivity contribution < 1.29 is 28.0 Å². The third-order valence-electron chi connectivity index (χ3n) is 6.54. The molecule has 1 saturated heterocycles. The number of phosphoric acid groups is 1. The minimum absolute atomic E-state index is 0.0884. The van der Waals surface area contributed by atoms with E-state index in [-0.39, 0.29) is 25.9 Å². The minimum atomic E-state index is -4.37. The number of hydrogen-bond acceptors (Lipinski definition) is 7. The summed E-state index contributed by atoms with van der Waals surface area (Å²) in [4.78, 5) is 9.94. The lowest BCUT2D eigenvalue weighted by Gasteiger charge is -2.32. The predicted octanol–water partition coefficient (Wildman–Crippen LogP) is 7.83. The second-order valence-corrected chi connectivity index (χ2v) is 11.1. The van der Waals surface area contributed by atoms with E-state index in [4.69, 9.17) is 24.5 Å². The van der Waals surface area contributed by atoms with Crippen molar-refractivity contribution in [1.29, 1.82) is 10.5 Å². The first-order valence-electron chi connectivity index (χ1n) is 13.7. The maximum absolute atomic E-state index is 12.2. The van der Waals surface area contributed by atoms with Crippen LogP contribution in [0.2, 0.25) is 0 Å². The predicted molar refractivity (Wildman–Crippen MR) is 140 cm³/mol. The summed E-state index contributed by atoms with van der Waals surface area (Å²) in [6.07, 6.45) is 21.1. The largest absolute Gasteiger partial charge is 0.476 e. The molecule has 0 amide bonds. The highest BCUT2D eigenvalue weighted by Crippen LogP contribution is 2.52. The highest BCUT2D eigenvalue weighted by molar-refractivity contribution is 7.47. The molecule has 2 atom stereocenters. The number of phosphoric ester groups is 1. The first kappa shape index (κ1) is 32.8. The Morgan fingerprint density at radius 2 is 1.42 bits per heavy atom. The van der Waals surface area contributed by atoms with Gasteiger partial charge in [-0.05, 0) is 44.9 Å². The Morgan fingerprint density at radius 1 is 0.889 bits per heavy atom. The van der Waals surface area contributed by atoms with Gasteiger partial charge in [0, 0.05) is 26.4 Å². The van der Waals surface area contributed by atoms with Gasteiger partial charge in [-0.25, -0.2) is 9.09 Å². The number of unbranched alkanes of at least 4 members (excludes halogenated alkanes) is 11. The molecule has 0 radical (unpaired) electrons. The SMILES string of the molecule is CCCCCCCCC=CCCCCCCCC1(OP(=O)(O)OC)OCC(CCC#N)(CCC#N)O1. The van der Waals surface area contributed by atoms with E-state index < -0.39 is 19.4 Å². The zero-order chi connectivity index (χ0) is 26.6. The van der Waals surface area contributed by atoms with E-state index in [0.29, 0.717) is 19.3 Å². The van der Waals surface area contributed by atoms with E-state index in [2.05, 4.69) is 35.7 Å². The number of allylic oxidation sites excluding steroid dienone is 2. The Labute approximate surface area is 218 Å². The molecule has 8 nitrogen and oxygen atoms in total. The lowest BCUT2D eigenvalue weighted by Crippen LogP contribution is -2.38. The summed E-state index contributed by atoms with van der Waals surface area (Å²) in [5.41, 5.74) is -0.902. The summed E-state index contributed by atoms with van der Waals surface area (Å²) in [6, 6.07) is 4.18. The van der Waals surface area contributed by atoms with Crippen LogP contribution in [-0.4, -0.2) is 30.2 Å². The molecule has 0 aromatic heterocycles. The summed E-state index contributed by atoms with van der Waals surface area (Å²) in [5.74, 6) is -1.72. The first-order chi connectivity index (χ1) is 17.4. The van der Waals surface area contributed by atoms with Crippen LogP contribution >= 0.6 is 7.82 Å². The molecule has 1 heterocycles. The molecule has 0 saturated carbocycles. The smallest absolute Gasteiger partial charge is 0.324 e. The first-order valence-corrected chi connectivity index (χ1v) is 15.2. The van der Waals surface area contributed by atoms with Crippen LogP contribution in [0, 0.1) is 22.7 Å². The summed E-state index contributed by atoms with van der Waals surface area (Å²) in [6.45, 7) is 2.33. The van der Waals surface area contributed by atoms with Crippen LogP contribution < -0.4 is 0 Å². The van der Waals surface area contributed by atoms with Gasteiger partial charge in [-0.2, -0.15) is 10.5 Å². The quantitative estimate of drug-likeness (QED) is 0.0860. The fourth-order valence-electron chi connectivity index (χ4n) is 4.41. The van der Waals surface area contributed by atoms with Gasteiger partial charge in [0.2, 0.25) is 0 Å². The third-order valence-corrected chi connectivity index (χ3v) is 7.51. The molecule has 1 aliphatic heterocycles. The van der Waals surface area contributed by atoms with Crippen molar-refractivity contribution in [1.82, 2.24) is 0 Å². The van der Waals surface area contributed by atoms with Gasteiger partial charge in [-0.3, -0.25) is 4.52 Å². The molecule has 206 valence electrons. The molecule has 0 spiro atoms. The number of rotatable bonds is 22. The molecule has 0 bridgehead atoms. The summed E-state index contributed by atoms with van der Waals surface area (Å²) in [7, 11) is -3.29. The lowest BCUT2D eigenvalue weighted by atomic mass is 9.93. The molecule has 2 unspecified atom stereocenters. The van der Waals surface area contributed by atoms with Gasteiger partial charge in [0.05, 0.1) is 24.3 Å². The molecule has 1 N–H and O–H groups in total. The van der Waals surface area contributed by atoms with Crippen LogP contribution in [0.4, 0.5) is 0 Å². The minimum Gasteiger partial charge on any atom is -0.324 e. The van der Waals surface area contributed by atoms with Crippen molar-refractivity contribution in [2.75, 3.05) is 13.7 Å². The van der Waals surface area contributed by atoms with Crippen molar-refractivity contribution in [2.45, 2.75) is 134 Å². The Hall–Kier alpha value is -1.25. The molecule has 0 aromatic carbocycles. The zero-order valence-electron chi connectivity index (χ0n) is 22.4. The van der Waals surface area contributed by atoms with Gasteiger partial charge < -0.3 is 14.4 Å². The van der Waals surface area contributed by atoms with Crippen molar-refractivity contribution in [3.05, 3.63) is 12.2 Å². The van der Waals surface area contributed by atoms with Gasteiger partial charge >= 0.3 is 7.82 Å². The fraction of sp³-hybridized carbons (Fsp3) is 0.852. The Bertz CT molecular complexity index is 730. The van der Waals surface area contributed by atoms with Crippen molar-refractivity contribution >= 4 is 7.82 Å². The van der Waals surface area contributed by atoms with Crippen LogP contribution in [-0.2, 0) is 23.1 Å². The zero-order valence-corrected chi connectivity index (χ0v) is 23.3. The highest BCUT2D eigenvalue weighted by atomic mass is 31.2. The van der Waals surface area contributed by atoms with E-state index in [1.54, 1.807) is 0 Å². The number of nitrogens with zero attached hydrogens (tertiary/aromatic N) is 2. The molecule has 0 aromatic rings. The van der Waals surface area contributed by atoms with Crippen molar-refractivity contribution in [3.63, 3.8) is 0 Å². The van der Waals surface area contributed by atoms with E-state index in [9.17, 15) is 9.46 Å². The van der Waals surface area contributed by atoms with Gasteiger partial charge in [-0.1, -0.05) is 70.4 Å². The summed E-state index contributed by atoms with van der Waals surface area (Å²) < 4.78 is 34.1. The maximum atomic E-state index is 12.2. The molecule has 36 heavy (non-hydrogen) atoms. The van der Waals surface area contributed by atoms with Crippen LogP contribution in [0.3, 0.4) is 0 Å². The molecular formula is C27H47N2O6P. The van der Waals surface area contributed by atoms with Gasteiger partial charge in [0.15, 0.2) is 0 Å². The van der Waals surface area contributed by atoms with Crippen LogP contribution in [0.15, 0.2) is 12.2 Å². The molecular weight excluding hydrogens is 479 g/mol. The highest BCUT2D eigenvalue weighted by Gasteiger charge is 2.54. The van der Waals surface area contributed by atoms with Crippen molar-refractivity contribution in [3.8, 4) is 12.1 Å². The Kier molecular flexibility index (Phi) is 17.2. The normalized spacial score (nSPS) is 20.8. The Balaban J connectivity index is 2.40. The van der Waals surface area contributed by atoms with E-state index >= 15 is 0 Å². The van der Waals surface area contributed by atoms with Gasteiger partial charge in [0.25, 0.3) is 5.97 Å². The average molecular weight is 527 g/mol. The fourth-order valence-corrected chi connectivity index (χ4v) is 5.02. The lowest BCUT2D eigenvalue weighted by molar-refractivity contribution is -0.315. The van der Waals surface area contributed by atoms with Gasteiger partial charge in [0.1, 0.15) is 0 Å². The molecule has 9 heteroatoms. The van der Waals surface area contributed by atoms with Crippen molar-refractivity contribution in [2.24, 2.45) is 0 Å². The Morgan fingerprint density at radius 3 is 1.94 bits per heavy atom. The molecule has 1 fully saturated rings. The molecule has 0 aliphatic carbocycles. The monoisotopic (exact) mass is 526 g/mol. The van der Waals surface area contributed by atoms with Crippen LogP contribution in [0.5, 0.6) is 0 Å². The topological polar surface area (TPSA) is 122 Å². The average Bonchev–Trinajstić information content (AvgIpc) is 3.21. The van der Waals surface area contributed by atoms with E-state index in [1.165, 1.54) is 44.9 Å².